The van der Waals surface area contributed by atoms with Gasteiger partial charge in [0, 0.05) is 0 Å². The van der Waals surface area contributed by atoms with E-state index < -0.39 is 18.0 Å². The Morgan fingerprint density at radius 1 is 1.35 bits per heavy atom. The average molecular weight is 323 g/mol. The Hall–Kier alpha value is -1.17. The fraction of sp³-hybridized carbons (Fsp3) is 0.385. The number of hydrogen-bond acceptors (Lipinski definition) is 3. The van der Waals surface area contributed by atoms with Crippen LogP contribution >= 0.6 is 24.0 Å². The summed E-state index contributed by atoms with van der Waals surface area (Å²) in [6, 6.07) is 4.28. The molecule has 4 nitrogen and oxygen atoms in total. The van der Waals surface area contributed by atoms with Crippen LogP contribution in [0.1, 0.15) is 12.5 Å². The molecule has 0 aliphatic rings. The number of Topliss-reactive ketones (excluding diaryl/α,β-unsaturated/α-hetero) is 1. The minimum atomic E-state index is -0.795. The number of nitrogens with one attached hydrogen (secondary N) is 1. The van der Waals surface area contributed by atoms with E-state index in [1.807, 2.05) is 0 Å². The highest BCUT2D eigenvalue weighted by atomic mass is 35.5. The van der Waals surface area contributed by atoms with Gasteiger partial charge in [-0.1, -0.05) is 12.1 Å². The second-order valence-corrected chi connectivity index (χ2v) is 4.53. The van der Waals surface area contributed by atoms with Crippen LogP contribution in [0.3, 0.4) is 0 Å². The molecule has 0 saturated carbocycles. The van der Waals surface area contributed by atoms with Crippen molar-refractivity contribution in [1.82, 2.24) is 5.32 Å². The van der Waals surface area contributed by atoms with Crippen LogP contribution in [0.4, 0.5) is 4.39 Å². The van der Waals surface area contributed by atoms with Crippen LogP contribution in [0.25, 0.3) is 0 Å². The van der Waals surface area contributed by atoms with Crippen molar-refractivity contribution >= 4 is 35.7 Å². The van der Waals surface area contributed by atoms with Gasteiger partial charge >= 0.3 is 0 Å². The lowest BCUT2D eigenvalue weighted by Crippen LogP contribution is -2.48. The first kappa shape index (κ1) is 18.8. The van der Waals surface area contributed by atoms with Gasteiger partial charge in [-0.05, 0) is 31.0 Å². The Morgan fingerprint density at radius 3 is 2.40 bits per heavy atom. The number of rotatable bonds is 6. The lowest BCUT2D eigenvalue weighted by atomic mass is 10.1. The molecule has 1 amide bonds. The number of alkyl halides is 1. The van der Waals surface area contributed by atoms with Gasteiger partial charge in [0.05, 0.1) is 18.0 Å². The fourth-order valence-electron chi connectivity index (χ4n) is 1.48. The number of carbonyl (C=O) groups excluding carboxylic acids is 2. The molecule has 3 N–H and O–H groups in total. The van der Waals surface area contributed by atoms with Gasteiger partial charge in [-0.25, -0.2) is 4.39 Å². The van der Waals surface area contributed by atoms with E-state index in [9.17, 15) is 14.0 Å². The zero-order chi connectivity index (χ0) is 14.4. The monoisotopic (exact) mass is 322 g/mol. The summed E-state index contributed by atoms with van der Waals surface area (Å²) < 4.78 is 12.7. The molecule has 0 fully saturated rings. The van der Waals surface area contributed by atoms with E-state index in [-0.39, 0.29) is 36.3 Å². The molecule has 0 heterocycles. The second kappa shape index (κ2) is 8.89. The number of benzene rings is 1. The van der Waals surface area contributed by atoms with Gasteiger partial charge in [-0.2, -0.15) is 0 Å². The maximum atomic E-state index is 12.7. The quantitative estimate of drug-likeness (QED) is 0.778. The van der Waals surface area contributed by atoms with Gasteiger partial charge in [-0.3, -0.25) is 9.59 Å². The van der Waals surface area contributed by atoms with Crippen molar-refractivity contribution in [3.63, 3.8) is 0 Å². The molecule has 20 heavy (non-hydrogen) atoms. The zero-order valence-corrected chi connectivity index (χ0v) is 12.5. The molecule has 112 valence electrons. The van der Waals surface area contributed by atoms with Crippen LogP contribution in [-0.2, 0) is 16.0 Å². The van der Waals surface area contributed by atoms with E-state index in [1.165, 1.54) is 12.1 Å². The molecule has 0 spiro atoms. The van der Waals surface area contributed by atoms with Gasteiger partial charge in [0.1, 0.15) is 5.82 Å². The lowest BCUT2D eigenvalue weighted by molar-refractivity contribution is -0.127. The minimum Gasteiger partial charge on any atom is -0.345 e. The van der Waals surface area contributed by atoms with Crippen LogP contribution in [-0.4, -0.2) is 29.7 Å². The Kier molecular flexibility index (Phi) is 8.37. The summed E-state index contributed by atoms with van der Waals surface area (Å²) in [5.41, 5.74) is 6.48. The predicted octanol–water partition coefficient (Wildman–Crippen LogP) is 1.43. The highest BCUT2D eigenvalue weighted by molar-refractivity contribution is 6.28. The Labute approximate surface area is 128 Å². The van der Waals surface area contributed by atoms with E-state index in [0.717, 1.165) is 5.56 Å². The molecule has 7 heteroatoms. The summed E-state index contributed by atoms with van der Waals surface area (Å²) in [6.07, 6.45) is 0.272. The molecular weight excluding hydrogens is 306 g/mol. The van der Waals surface area contributed by atoms with Crippen molar-refractivity contribution in [2.45, 2.75) is 25.4 Å². The van der Waals surface area contributed by atoms with E-state index in [4.69, 9.17) is 17.3 Å². The van der Waals surface area contributed by atoms with Crippen molar-refractivity contribution in [3.8, 4) is 0 Å². The maximum Gasteiger partial charge on any atom is 0.237 e. The van der Waals surface area contributed by atoms with Gasteiger partial charge in [-0.15, -0.1) is 24.0 Å². The summed E-state index contributed by atoms with van der Waals surface area (Å²) in [6.45, 7) is 1.55. The van der Waals surface area contributed by atoms with E-state index in [2.05, 4.69) is 5.32 Å². The summed E-state index contributed by atoms with van der Waals surface area (Å²) in [5.74, 6) is -1.21. The van der Waals surface area contributed by atoms with Gasteiger partial charge in [0.15, 0.2) is 5.78 Å². The number of carbonyl (C=O) groups is 2. The third-order valence-corrected chi connectivity index (χ3v) is 2.94. The van der Waals surface area contributed by atoms with Crippen LogP contribution < -0.4 is 11.1 Å². The molecule has 1 aromatic rings. The molecule has 2 atom stereocenters. The molecule has 0 aromatic heterocycles. The largest absolute Gasteiger partial charge is 0.345 e. The first-order valence-electron chi connectivity index (χ1n) is 5.83. The summed E-state index contributed by atoms with van der Waals surface area (Å²) in [4.78, 5) is 23.0. The SMILES string of the molecule is CC(NC(=O)C(N)Cc1ccc(F)cc1)C(=O)CCl.Cl. The third kappa shape index (κ3) is 5.86. The second-order valence-electron chi connectivity index (χ2n) is 4.27. The fourth-order valence-corrected chi connectivity index (χ4v) is 1.72. The smallest absolute Gasteiger partial charge is 0.237 e. The number of halogens is 3. The molecule has 1 aromatic carbocycles. The number of amides is 1. The van der Waals surface area contributed by atoms with Crippen LogP contribution in [0, 0.1) is 5.82 Å². The summed E-state index contributed by atoms with van der Waals surface area (Å²) >= 11 is 5.39. The number of nitrogens with two attached hydrogens (primary N) is 1. The van der Waals surface area contributed by atoms with E-state index >= 15 is 0 Å². The molecule has 0 saturated heterocycles. The number of hydrogen-bond donors (Lipinski definition) is 2. The molecule has 2 unspecified atom stereocenters. The highest BCUT2D eigenvalue weighted by Gasteiger charge is 2.19. The van der Waals surface area contributed by atoms with Crippen molar-refractivity contribution in [1.29, 1.82) is 0 Å². The Morgan fingerprint density at radius 2 is 1.90 bits per heavy atom. The van der Waals surface area contributed by atoms with Crippen LogP contribution in [0.15, 0.2) is 24.3 Å². The van der Waals surface area contributed by atoms with Crippen LogP contribution in [0.5, 0.6) is 0 Å². The normalized spacial score (nSPS) is 13.0. The average Bonchev–Trinajstić information content (AvgIpc) is 2.40. The van der Waals surface area contributed by atoms with E-state index in [1.54, 1.807) is 19.1 Å². The first-order chi connectivity index (χ1) is 8.93. The Bertz CT molecular complexity index is 454. The van der Waals surface area contributed by atoms with Crippen molar-refractivity contribution in [3.05, 3.63) is 35.6 Å². The molecule has 0 radical (unpaired) electrons. The third-order valence-electron chi connectivity index (χ3n) is 2.68. The standard InChI is InChI=1S/C13H16ClFN2O2.ClH/c1-8(12(18)7-14)17-13(19)11(16)6-9-2-4-10(15)5-3-9;/h2-5,8,11H,6-7,16H2,1H3,(H,17,19);1H. The van der Waals surface area contributed by atoms with Crippen molar-refractivity contribution in [2.24, 2.45) is 5.73 Å². The predicted molar refractivity (Wildman–Crippen MR) is 78.7 cm³/mol. The van der Waals surface area contributed by atoms with Crippen molar-refractivity contribution in [2.75, 3.05) is 5.88 Å². The molecule has 0 aliphatic carbocycles. The van der Waals surface area contributed by atoms with Crippen LogP contribution in [0.2, 0.25) is 0 Å². The summed E-state index contributed by atoms with van der Waals surface area (Å²) in [5, 5.41) is 2.49. The molecule has 0 bridgehead atoms. The van der Waals surface area contributed by atoms with Crippen molar-refractivity contribution < 1.29 is 14.0 Å². The first-order valence-corrected chi connectivity index (χ1v) is 6.36. The minimum absolute atomic E-state index is 0. The van der Waals surface area contributed by atoms with Gasteiger partial charge in [0.2, 0.25) is 5.91 Å². The van der Waals surface area contributed by atoms with E-state index in [0.29, 0.717) is 0 Å². The number of ketones is 1. The Balaban J connectivity index is 0.00000361. The topological polar surface area (TPSA) is 72.2 Å². The highest BCUT2D eigenvalue weighted by Crippen LogP contribution is 2.05. The lowest BCUT2D eigenvalue weighted by Gasteiger charge is -2.16. The van der Waals surface area contributed by atoms with Gasteiger partial charge < -0.3 is 11.1 Å². The molecular formula is C13H17Cl2FN2O2. The molecule has 0 aliphatic heterocycles. The zero-order valence-electron chi connectivity index (χ0n) is 10.9. The maximum absolute atomic E-state index is 12.7. The molecule has 1 rings (SSSR count). The summed E-state index contributed by atoms with van der Waals surface area (Å²) in [7, 11) is 0. The van der Waals surface area contributed by atoms with Gasteiger partial charge in [0.25, 0.3) is 0 Å².